The minimum Gasteiger partial charge on any atom is -0.465 e. The van der Waals surface area contributed by atoms with Gasteiger partial charge in [-0.1, -0.05) is 32.1 Å². The van der Waals surface area contributed by atoms with Crippen molar-refractivity contribution in [3.05, 3.63) is 23.8 Å². The van der Waals surface area contributed by atoms with Crippen molar-refractivity contribution >= 4 is 11.9 Å². The Kier molecular flexibility index (Phi) is 18.7. The van der Waals surface area contributed by atoms with Crippen molar-refractivity contribution in [2.24, 2.45) is 40.4 Å². The molecule has 3 saturated carbocycles. The van der Waals surface area contributed by atoms with Gasteiger partial charge in [0.2, 0.25) is 5.79 Å². The van der Waals surface area contributed by atoms with Gasteiger partial charge in [-0.25, -0.2) is 0 Å². The molecule has 11 aliphatic rings. The molecule has 0 aromatic carbocycles. The molecule has 0 bridgehead atoms. The summed E-state index contributed by atoms with van der Waals surface area (Å²) < 4.78 is 86.2. The number of carbonyl (C=O) groups is 2. The molecule has 13 N–H and O–H groups in total. The van der Waals surface area contributed by atoms with Gasteiger partial charge < -0.3 is 133 Å². The number of rotatable bonds is 14. The fraction of sp³-hybridized carbons (Fsp3) is 0.895. The largest absolute Gasteiger partial charge is 0.465 e. The minimum absolute atomic E-state index is 0.0443. The van der Waals surface area contributed by atoms with Crippen molar-refractivity contribution in [3.63, 3.8) is 0 Å². The van der Waals surface area contributed by atoms with Gasteiger partial charge in [0.05, 0.1) is 76.6 Å². The zero-order chi connectivity index (χ0) is 61.9. The molecule has 488 valence electrons. The number of allylic oxidation sites excluding steroid dienone is 1. The van der Waals surface area contributed by atoms with E-state index in [1.807, 2.05) is 0 Å². The molecule has 10 fully saturated rings. The highest BCUT2D eigenvalue weighted by Crippen LogP contribution is 2.71. The number of carbonyl (C=O) groups excluding carboxylic acids is 2. The van der Waals surface area contributed by atoms with Crippen LogP contribution in [0.25, 0.3) is 0 Å². The highest BCUT2D eigenvalue weighted by atomic mass is 16.8. The van der Waals surface area contributed by atoms with Gasteiger partial charge in [-0.2, -0.15) is 0 Å². The predicted molar refractivity (Wildman–Crippen MR) is 280 cm³/mol. The third-order valence-corrected chi connectivity index (χ3v) is 21.0. The van der Waals surface area contributed by atoms with E-state index in [2.05, 4.69) is 26.5 Å². The molecule has 0 aromatic heterocycles. The van der Waals surface area contributed by atoms with Crippen molar-refractivity contribution in [2.75, 3.05) is 46.2 Å². The van der Waals surface area contributed by atoms with Crippen LogP contribution in [0.1, 0.15) is 73.1 Å². The summed E-state index contributed by atoms with van der Waals surface area (Å²) in [5, 5.41) is 143. The average Bonchev–Trinajstić information content (AvgIpc) is 1.47. The minimum atomic E-state index is -2.15. The number of fused-ring (bicyclic) bond motifs is 7. The van der Waals surface area contributed by atoms with Crippen LogP contribution in [0.5, 0.6) is 0 Å². The monoisotopic (exact) mass is 1230 g/mol. The van der Waals surface area contributed by atoms with Crippen LogP contribution in [0.4, 0.5) is 0 Å². The van der Waals surface area contributed by atoms with Crippen molar-refractivity contribution in [2.45, 2.75) is 232 Å². The predicted octanol–water partition coefficient (Wildman–Crippen LogP) is -4.63. The summed E-state index contributed by atoms with van der Waals surface area (Å²) in [7, 11) is 0. The molecule has 1 spiro atoms. The number of ether oxygens (including phenoxy) is 14. The molecular formula is C57H86O29. The number of aliphatic hydroxyl groups is 13. The fourth-order valence-electron chi connectivity index (χ4n) is 16.4. The van der Waals surface area contributed by atoms with Crippen LogP contribution in [0.2, 0.25) is 0 Å². The Balaban J connectivity index is 0.877. The molecule has 29 nitrogen and oxygen atoms in total. The Hall–Kier alpha value is -2.58. The summed E-state index contributed by atoms with van der Waals surface area (Å²) in [6, 6.07) is 0. The number of aliphatic hydroxyl groups excluding tert-OH is 12. The molecule has 0 amide bonds. The smallest absolute Gasteiger partial charge is 0.303 e. The summed E-state index contributed by atoms with van der Waals surface area (Å²) in [5.74, 6) is -4.50. The lowest BCUT2D eigenvalue weighted by atomic mass is 9.46. The van der Waals surface area contributed by atoms with E-state index in [9.17, 15) is 76.0 Å². The second-order valence-corrected chi connectivity index (χ2v) is 26.1. The Morgan fingerprint density at radius 3 is 1.99 bits per heavy atom. The molecule has 7 aliphatic heterocycles. The normalized spacial score (nSPS) is 53.7. The van der Waals surface area contributed by atoms with Crippen molar-refractivity contribution in [1.82, 2.24) is 0 Å². The first kappa shape index (κ1) is 64.9. The van der Waals surface area contributed by atoms with E-state index in [1.54, 1.807) is 0 Å². The van der Waals surface area contributed by atoms with Gasteiger partial charge in [0, 0.05) is 31.6 Å². The van der Waals surface area contributed by atoms with Gasteiger partial charge in [-0.3, -0.25) is 9.59 Å². The molecule has 0 unspecified atom stereocenters. The van der Waals surface area contributed by atoms with E-state index in [4.69, 9.17) is 66.3 Å². The second kappa shape index (κ2) is 24.8. The lowest BCUT2D eigenvalue weighted by Gasteiger charge is -2.61. The highest BCUT2D eigenvalue weighted by Gasteiger charge is 2.74. The van der Waals surface area contributed by atoms with E-state index in [0.717, 1.165) is 12.5 Å². The lowest BCUT2D eigenvalue weighted by Crippen LogP contribution is -2.66. The van der Waals surface area contributed by atoms with Crippen LogP contribution in [-0.4, -0.2) is 283 Å². The lowest BCUT2D eigenvalue weighted by molar-refractivity contribution is -0.387. The summed E-state index contributed by atoms with van der Waals surface area (Å²) >= 11 is 0. The number of esters is 2. The summed E-state index contributed by atoms with van der Waals surface area (Å²) in [5.41, 5.74) is -2.30. The second-order valence-electron chi connectivity index (χ2n) is 26.1. The van der Waals surface area contributed by atoms with Crippen LogP contribution in [-0.2, 0) is 75.9 Å². The van der Waals surface area contributed by atoms with E-state index >= 15 is 0 Å². The summed E-state index contributed by atoms with van der Waals surface area (Å²) in [4.78, 5) is 25.1. The third-order valence-electron chi connectivity index (χ3n) is 21.0. The first-order chi connectivity index (χ1) is 40.6. The standard InChI is InChI=1S/C57H86O29/c1-21-14-78-57(47(70)42(21)82-49-39(67)37(65)31(62)16-74-49)30(15-73-23(3)59)36-34(86-57)13-29-27-8-7-25-11-26(61)12-35(55(25,6)28(27)9-10-54(29,36)5)81-52-46(44(33(64)18-76-52)83-50-40(68)38(66)32(63)17-75-50)85-51-41(69)45(43(22(2)79-51)80-24(4)60)84-53-48(71)56(72,19-58)20-77-53/h7,22,26-53,58,61-72H,1,8-20H2,2-6H3/t22-,26+,27+,28-,29-,30-,31-,32+,33-,34-,35+,36-,37-,38-,39+,40+,41+,42-,43-,44-,45-,46+,47-,48-,49-,50-,51-,52-,53-,54-,55-,56-,57-/m0/s1. The van der Waals surface area contributed by atoms with Crippen LogP contribution in [0.15, 0.2) is 23.8 Å². The molecule has 7 heterocycles. The molecule has 33 atom stereocenters. The SMILES string of the molecule is C=C1CO[C@@]2(O[C@H]3C[C@H]4[C@@H]5CC=C6C[C@@H](O)C[C@@H](O[C@@H]7OC[C@H](O)[C@H](O[C@@H]8OC[C@@H](O)[C@H](O)[C@H]8O)[C@H]7O[C@@H]7O[C@@H](C)[C@H](OC(C)=O)[C@@H](O[C@@H]8OC[C@@](O)(CO)[C@H]8O)[C@H]7O)[C@]6(C)[C@H]5CC[C@]4(C)[C@H]3[C@@H]2COC(C)=O)[C@@H](O)[C@H]1O[C@@H]1OC[C@H](O)[C@H](O)[C@H]1O. The van der Waals surface area contributed by atoms with Crippen molar-refractivity contribution in [3.8, 4) is 0 Å². The molecular weight excluding hydrogens is 1150 g/mol. The molecule has 0 radical (unpaired) electrons. The van der Waals surface area contributed by atoms with Gasteiger partial charge in [-0.05, 0) is 67.8 Å². The maximum atomic E-state index is 12.6. The van der Waals surface area contributed by atoms with Crippen LogP contribution in [0.3, 0.4) is 0 Å². The van der Waals surface area contributed by atoms with E-state index in [1.165, 1.54) is 13.8 Å². The topological polar surface area (TPSA) is 426 Å². The maximum absolute atomic E-state index is 12.6. The van der Waals surface area contributed by atoms with E-state index in [0.29, 0.717) is 32.1 Å². The quantitative estimate of drug-likeness (QED) is 0.0575. The Morgan fingerprint density at radius 1 is 0.698 bits per heavy atom. The summed E-state index contributed by atoms with van der Waals surface area (Å²) in [6.45, 7) is 9.05. The molecule has 7 saturated heterocycles. The van der Waals surface area contributed by atoms with Crippen molar-refractivity contribution < 1.29 is 142 Å². The average molecular weight is 1240 g/mol. The Bertz CT molecular complexity index is 2470. The Labute approximate surface area is 495 Å². The Morgan fingerprint density at radius 2 is 1.34 bits per heavy atom. The van der Waals surface area contributed by atoms with Crippen LogP contribution in [0, 0.1) is 40.4 Å². The van der Waals surface area contributed by atoms with Crippen LogP contribution < -0.4 is 0 Å². The van der Waals surface area contributed by atoms with Gasteiger partial charge in [0.25, 0.3) is 0 Å². The zero-order valence-electron chi connectivity index (χ0n) is 48.6. The van der Waals surface area contributed by atoms with Gasteiger partial charge in [0.1, 0.15) is 91.1 Å². The zero-order valence-corrected chi connectivity index (χ0v) is 48.6. The molecule has 86 heavy (non-hydrogen) atoms. The first-order valence-electron chi connectivity index (χ1n) is 29.9. The maximum Gasteiger partial charge on any atom is 0.303 e. The number of hydrogen-bond donors (Lipinski definition) is 13. The van der Waals surface area contributed by atoms with Gasteiger partial charge in [0.15, 0.2) is 37.6 Å². The van der Waals surface area contributed by atoms with Gasteiger partial charge >= 0.3 is 11.9 Å². The molecule has 0 aromatic rings. The molecule has 11 rings (SSSR count). The van der Waals surface area contributed by atoms with E-state index < -0.39 is 214 Å². The molecule has 4 aliphatic carbocycles. The third kappa shape index (κ3) is 11.2. The van der Waals surface area contributed by atoms with Gasteiger partial charge in [-0.15, -0.1) is 0 Å². The summed E-state index contributed by atoms with van der Waals surface area (Å²) in [6.07, 6.45) is -31.0. The van der Waals surface area contributed by atoms with Crippen LogP contribution >= 0.6 is 0 Å². The first-order valence-corrected chi connectivity index (χ1v) is 29.9. The van der Waals surface area contributed by atoms with Crippen molar-refractivity contribution in [1.29, 1.82) is 0 Å². The molecule has 29 heteroatoms. The fourth-order valence-corrected chi connectivity index (χ4v) is 16.4. The number of hydrogen-bond acceptors (Lipinski definition) is 29. The highest BCUT2D eigenvalue weighted by molar-refractivity contribution is 5.66. The van der Waals surface area contributed by atoms with E-state index in [-0.39, 0.29) is 55.5 Å².